The van der Waals surface area contributed by atoms with Crippen LogP contribution in [0.1, 0.15) is 50.8 Å². The molecule has 0 aliphatic carbocycles. The topological polar surface area (TPSA) is 67.6 Å². The van der Waals surface area contributed by atoms with Gasteiger partial charge in [0.15, 0.2) is 0 Å². The lowest BCUT2D eigenvalue weighted by molar-refractivity contribution is 0.0583. The Hall–Kier alpha value is -2.34. The van der Waals surface area contributed by atoms with Crippen LogP contribution in [-0.2, 0) is 16.9 Å². The zero-order valence-corrected chi connectivity index (χ0v) is 15.6. The molecule has 1 fully saturated rings. The molecule has 2 atom stereocenters. The molecule has 1 aromatic heterocycles. The Kier molecular flexibility index (Phi) is 5.32. The van der Waals surface area contributed by atoms with E-state index in [1.165, 1.54) is 0 Å². The average molecular weight is 357 g/mol. The van der Waals surface area contributed by atoms with E-state index in [9.17, 15) is 9.90 Å². The van der Waals surface area contributed by atoms with Gasteiger partial charge in [-0.05, 0) is 39.2 Å². The van der Waals surface area contributed by atoms with Crippen LogP contribution in [0.2, 0.25) is 0 Å². The SMILES string of the molecule is C[C@@H]1CC[C@@H](n2cc(C(C)(C)O)cn2)CN1C(=O)OCc1ccccc1. The fourth-order valence-electron chi connectivity index (χ4n) is 3.21. The second-order valence-electron chi connectivity index (χ2n) is 7.54. The summed E-state index contributed by atoms with van der Waals surface area (Å²) >= 11 is 0. The highest BCUT2D eigenvalue weighted by atomic mass is 16.6. The predicted molar refractivity (Wildman–Crippen MR) is 98.5 cm³/mol. The minimum atomic E-state index is -0.922. The van der Waals surface area contributed by atoms with Crippen molar-refractivity contribution in [3.8, 4) is 0 Å². The number of hydrogen-bond donors (Lipinski definition) is 1. The lowest BCUT2D eigenvalue weighted by Gasteiger charge is -2.37. The minimum absolute atomic E-state index is 0.0894. The van der Waals surface area contributed by atoms with Crippen molar-refractivity contribution in [3.63, 3.8) is 0 Å². The number of carbonyl (C=O) groups is 1. The number of hydrogen-bond acceptors (Lipinski definition) is 4. The molecule has 0 bridgehead atoms. The molecule has 1 aromatic carbocycles. The van der Waals surface area contributed by atoms with Gasteiger partial charge in [-0.1, -0.05) is 30.3 Å². The molecule has 1 saturated heterocycles. The molecule has 0 unspecified atom stereocenters. The van der Waals surface area contributed by atoms with Gasteiger partial charge in [-0.2, -0.15) is 5.10 Å². The maximum absolute atomic E-state index is 12.6. The molecule has 0 spiro atoms. The van der Waals surface area contributed by atoms with Gasteiger partial charge in [0.2, 0.25) is 0 Å². The molecule has 0 radical (unpaired) electrons. The average Bonchev–Trinajstić information content (AvgIpc) is 3.11. The fraction of sp³-hybridized carbons (Fsp3) is 0.500. The van der Waals surface area contributed by atoms with Crippen LogP contribution in [0.4, 0.5) is 4.79 Å². The summed E-state index contributed by atoms with van der Waals surface area (Å²) in [4.78, 5) is 14.3. The number of amides is 1. The molecule has 0 saturated carbocycles. The van der Waals surface area contributed by atoms with Crippen molar-refractivity contribution < 1.29 is 14.6 Å². The molecule has 6 heteroatoms. The highest BCUT2D eigenvalue weighted by Crippen LogP contribution is 2.28. The lowest BCUT2D eigenvalue weighted by atomic mass is 9.99. The molecule has 1 aliphatic rings. The number of likely N-dealkylation sites (tertiary alicyclic amines) is 1. The Morgan fingerprint density at radius 1 is 1.31 bits per heavy atom. The highest BCUT2D eigenvalue weighted by Gasteiger charge is 2.32. The van der Waals surface area contributed by atoms with E-state index in [2.05, 4.69) is 5.10 Å². The van der Waals surface area contributed by atoms with E-state index in [1.807, 2.05) is 48.1 Å². The van der Waals surface area contributed by atoms with Crippen molar-refractivity contribution in [3.05, 3.63) is 53.9 Å². The molecule has 140 valence electrons. The van der Waals surface area contributed by atoms with E-state index < -0.39 is 5.60 Å². The first-order chi connectivity index (χ1) is 12.3. The fourth-order valence-corrected chi connectivity index (χ4v) is 3.21. The Bertz CT molecular complexity index is 736. The van der Waals surface area contributed by atoms with E-state index >= 15 is 0 Å². The first kappa shape index (κ1) is 18.5. The minimum Gasteiger partial charge on any atom is -0.445 e. The standard InChI is InChI=1S/C20H27N3O3/c1-15-9-10-18(23-12-17(11-21-23)20(2,3)25)13-22(15)19(24)26-14-16-7-5-4-6-8-16/h4-8,11-12,15,18,25H,9-10,13-14H2,1-3H3/t15-,18-/m1/s1. The third-order valence-corrected chi connectivity index (χ3v) is 4.98. The number of aromatic nitrogens is 2. The van der Waals surface area contributed by atoms with Crippen LogP contribution in [0.25, 0.3) is 0 Å². The summed E-state index contributed by atoms with van der Waals surface area (Å²) < 4.78 is 7.36. The van der Waals surface area contributed by atoms with Crippen LogP contribution in [-0.4, -0.2) is 38.5 Å². The second-order valence-corrected chi connectivity index (χ2v) is 7.54. The Morgan fingerprint density at radius 2 is 2.04 bits per heavy atom. The smallest absolute Gasteiger partial charge is 0.410 e. The zero-order chi connectivity index (χ0) is 18.7. The number of piperidine rings is 1. The number of aliphatic hydroxyl groups is 1. The van der Waals surface area contributed by atoms with Crippen LogP contribution in [0.5, 0.6) is 0 Å². The summed E-state index contributed by atoms with van der Waals surface area (Å²) in [6, 6.07) is 9.91. The van der Waals surface area contributed by atoms with Crippen molar-refractivity contribution in [1.82, 2.24) is 14.7 Å². The van der Waals surface area contributed by atoms with Gasteiger partial charge in [0.05, 0.1) is 17.8 Å². The van der Waals surface area contributed by atoms with Gasteiger partial charge >= 0.3 is 6.09 Å². The summed E-state index contributed by atoms with van der Waals surface area (Å²) in [5.41, 5.74) is 0.826. The van der Waals surface area contributed by atoms with Gasteiger partial charge in [-0.15, -0.1) is 0 Å². The molecular formula is C20H27N3O3. The third kappa shape index (κ3) is 4.25. The molecule has 26 heavy (non-hydrogen) atoms. The molecule has 6 nitrogen and oxygen atoms in total. The molecule has 2 aromatic rings. The molecule has 1 aliphatic heterocycles. The van der Waals surface area contributed by atoms with E-state index in [4.69, 9.17) is 4.74 Å². The number of carbonyl (C=O) groups excluding carboxylic acids is 1. The number of benzene rings is 1. The maximum atomic E-state index is 12.6. The van der Waals surface area contributed by atoms with Gasteiger partial charge in [0.25, 0.3) is 0 Å². The van der Waals surface area contributed by atoms with Crippen molar-refractivity contribution in [2.45, 2.75) is 57.9 Å². The molecule has 2 heterocycles. The Labute approximate surface area is 154 Å². The first-order valence-electron chi connectivity index (χ1n) is 9.09. The Morgan fingerprint density at radius 3 is 2.69 bits per heavy atom. The van der Waals surface area contributed by atoms with Crippen molar-refractivity contribution in [1.29, 1.82) is 0 Å². The van der Waals surface area contributed by atoms with Gasteiger partial charge < -0.3 is 14.7 Å². The normalized spacial score (nSPS) is 20.8. The zero-order valence-electron chi connectivity index (χ0n) is 15.6. The predicted octanol–water partition coefficient (Wildman–Crippen LogP) is 3.47. The Balaban J connectivity index is 1.64. The lowest BCUT2D eigenvalue weighted by Crippen LogP contribution is -2.46. The van der Waals surface area contributed by atoms with Gasteiger partial charge in [-0.3, -0.25) is 4.68 Å². The summed E-state index contributed by atoms with van der Waals surface area (Å²) in [7, 11) is 0. The van der Waals surface area contributed by atoms with Crippen LogP contribution < -0.4 is 0 Å². The van der Waals surface area contributed by atoms with Crippen LogP contribution in [0, 0.1) is 0 Å². The van der Waals surface area contributed by atoms with E-state index in [0.717, 1.165) is 24.0 Å². The molecule has 1 amide bonds. The quantitative estimate of drug-likeness (QED) is 0.910. The monoisotopic (exact) mass is 357 g/mol. The number of rotatable bonds is 4. The number of nitrogens with zero attached hydrogens (tertiary/aromatic N) is 3. The summed E-state index contributed by atoms with van der Waals surface area (Å²) in [5, 5.41) is 14.5. The largest absolute Gasteiger partial charge is 0.445 e. The van der Waals surface area contributed by atoms with Crippen LogP contribution >= 0.6 is 0 Å². The van der Waals surface area contributed by atoms with Gasteiger partial charge in [0.1, 0.15) is 6.61 Å². The van der Waals surface area contributed by atoms with Crippen molar-refractivity contribution >= 4 is 6.09 Å². The maximum Gasteiger partial charge on any atom is 0.410 e. The van der Waals surface area contributed by atoms with Crippen LogP contribution in [0.3, 0.4) is 0 Å². The van der Waals surface area contributed by atoms with Crippen molar-refractivity contribution in [2.24, 2.45) is 0 Å². The second kappa shape index (κ2) is 7.50. The van der Waals surface area contributed by atoms with Crippen molar-refractivity contribution in [2.75, 3.05) is 6.54 Å². The van der Waals surface area contributed by atoms with Gasteiger partial charge in [0, 0.05) is 24.3 Å². The number of ether oxygens (including phenoxy) is 1. The summed E-state index contributed by atoms with van der Waals surface area (Å²) in [5.74, 6) is 0. The summed E-state index contributed by atoms with van der Waals surface area (Å²) in [6.45, 7) is 6.36. The molecule has 3 rings (SSSR count). The third-order valence-electron chi connectivity index (χ3n) is 4.98. The van der Waals surface area contributed by atoms with E-state index in [1.54, 1.807) is 24.9 Å². The summed E-state index contributed by atoms with van der Waals surface area (Å²) in [6.07, 6.45) is 5.10. The van der Waals surface area contributed by atoms with E-state index in [-0.39, 0.29) is 24.8 Å². The van der Waals surface area contributed by atoms with E-state index in [0.29, 0.717) is 6.54 Å². The molecule has 1 N–H and O–H groups in total. The molecular weight excluding hydrogens is 330 g/mol. The van der Waals surface area contributed by atoms with Crippen LogP contribution in [0.15, 0.2) is 42.7 Å². The van der Waals surface area contributed by atoms with Gasteiger partial charge in [-0.25, -0.2) is 4.79 Å². The first-order valence-corrected chi connectivity index (χ1v) is 9.09. The highest BCUT2D eigenvalue weighted by molar-refractivity contribution is 5.68.